The van der Waals surface area contributed by atoms with Crippen LogP contribution < -0.4 is 5.32 Å². The highest BCUT2D eigenvalue weighted by molar-refractivity contribution is 5.77. The average molecular weight is 627 g/mol. The Morgan fingerprint density at radius 1 is 0.935 bits per heavy atom. The van der Waals surface area contributed by atoms with Gasteiger partial charge in [0.05, 0.1) is 18.8 Å². The third-order valence-corrected chi connectivity index (χ3v) is 9.04. The van der Waals surface area contributed by atoms with Gasteiger partial charge in [-0.25, -0.2) is 0 Å². The van der Waals surface area contributed by atoms with Gasteiger partial charge in [0.25, 0.3) is 0 Å². The molecular weight excluding hydrogens is 580 g/mol. The van der Waals surface area contributed by atoms with E-state index < -0.39 is 12.3 Å². The minimum absolute atomic E-state index is 0.00665. The molecule has 46 heavy (non-hydrogen) atoms. The average Bonchev–Trinajstić information content (AvgIpc) is 3.62. The van der Waals surface area contributed by atoms with Crippen LogP contribution in [0.5, 0.6) is 0 Å². The molecule has 3 atom stereocenters. The Balaban J connectivity index is 1.31. The Labute approximate surface area is 272 Å². The van der Waals surface area contributed by atoms with Gasteiger partial charge in [-0.1, -0.05) is 91.7 Å². The summed E-state index contributed by atoms with van der Waals surface area (Å²) in [5.41, 5.74) is 5.89. The lowest BCUT2D eigenvalue weighted by atomic mass is 9.97. The van der Waals surface area contributed by atoms with E-state index in [1.807, 2.05) is 66.7 Å². The van der Waals surface area contributed by atoms with Crippen LogP contribution in [-0.4, -0.2) is 52.2 Å². The summed E-state index contributed by atoms with van der Waals surface area (Å²) in [5, 5.41) is 21.3. The number of amides is 1. The van der Waals surface area contributed by atoms with Crippen LogP contribution in [-0.2, 0) is 32.2 Å². The minimum atomic E-state index is -0.896. The summed E-state index contributed by atoms with van der Waals surface area (Å²) < 4.78 is 13.3. The van der Waals surface area contributed by atoms with Gasteiger partial charge in [0.2, 0.25) is 5.91 Å². The standard InChI is InChI=1S/C38H46N2O6/c1-2-22-40(32-9-4-5-10-32)25-33-23-35(29-16-14-27(26-41)15-17-29)46-38(45-33)30-20-18-28(19-21-30)34-11-6-3-8-31(34)24-39-36(42)12-7-13-37(43)44/h2-3,6,8,11,14-21,32-33,35,38,41H,1,4-5,7,9-10,12-13,22-26H2,(H,39,42)(H,43,44). The Kier molecular flexibility index (Phi) is 12.1. The third-order valence-electron chi connectivity index (χ3n) is 9.04. The summed E-state index contributed by atoms with van der Waals surface area (Å²) >= 11 is 0. The lowest BCUT2D eigenvalue weighted by Crippen LogP contribution is -2.43. The van der Waals surface area contributed by atoms with E-state index in [1.165, 1.54) is 25.7 Å². The van der Waals surface area contributed by atoms with Crippen molar-refractivity contribution in [3.05, 3.63) is 108 Å². The molecule has 1 aliphatic heterocycles. The van der Waals surface area contributed by atoms with Crippen molar-refractivity contribution in [2.24, 2.45) is 0 Å². The largest absolute Gasteiger partial charge is 0.481 e. The van der Waals surface area contributed by atoms with Gasteiger partial charge in [-0.05, 0) is 47.1 Å². The van der Waals surface area contributed by atoms with Crippen molar-refractivity contribution in [1.29, 1.82) is 0 Å². The van der Waals surface area contributed by atoms with Gasteiger partial charge < -0.3 is 25.0 Å². The highest BCUT2D eigenvalue weighted by atomic mass is 16.7. The monoisotopic (exact) mass is 626 g/mol. The molecule has 5 rings (SSSR count). The number of carboxylic acid groups (broad SMARTS) is 1. The number of benzene rings is 3. The van der Waals surface area contributed by atoms with Gasteiger partial charge in [-0.3, -0.25) is 14.5 Å². The highest BCUT2D eigenvalue weighted by Crippen LogP contribution is 2.39. The highest BCUT2D eigenvalue weighted by Gasteiger charge is 2.34. The van der Waals surface area contributed by atoms with Gasteiger partial charge in [0.15, 0.2) is 6.29 Å². The van der Waals surface area contributed by atoms with Crippen LogP contribution in [0.15, 0.2) is 85.5 Å². The number of hydrogen-bond donors (Lipinski definition) is 3. The lowest BCUT2D eigenvalue weighted by Gasteiger charge is -2.39. The number of hydrogen-bond acceptors (Lipinski definition) is 6. The number of nitrogens with zero attached hydrogens (tertiary/aromatic N) is 1. The van der Waals surface area contributed by atoms with E-state index in [-0.39, 0.29) is 37.6 Å². The molecule has 244 valence electrons. The predicted octanol–water partition coefficient (Wildman–Crippen LogP) is 6.69. The van der Waals surface area contributed by atoms with Crippen molar-refractivity contribution in [1.82, 2.24) is 10.2 Å². The Bertz CT molecular complexity index is 1430. The first kappa shape index (κ1) is 33.5. The first-order valence-corrected chi connectivity index (χ1v) is 16.5. The lowest BCUT2D eigenvalue weighted by molar-refractivity contribution is -0.253. The van der Waals surface area contributed by atoms with Crippen LogP contribution >= 0.6 is 0 Å². The van der Waals surface area contributed by atoms with Crippen LogP contribution in [0.3, 0.4) is 0 Å². The van der Waals surface area contributed by atoms with E-state index in [9.17, 15) is 14.7 Å². The van der Waals surface area contributed by atoms with Gasteiger partial charge in [-0.15, -0.1) is 6.58 Å². The Hall–Kier alpha value is -3.82. The summed E-state index contributed by atoms with van der Waals surface area (Å²) in [6.45, 7) is 6.03. The van der Waals surface area contributed by atoms with Crippen molar-refractivity contribution in [3.8, 4) is 11.1 Å². The molecule has 0 spiro atoms. The maximum atomic E-state index is 12.3. The smallest absolute Gasteiger partial charge is 0.303 e. The second-order valence-corrected chi connectivity index (χ2v) is 12.3. The van der Waals surface area contributed by atoms with Crippen molar-refractivity contribution < 1.29 is 29.3 Å². The quantitative estimate of drug-likeness (QED) is 0.161. The number of aliphatic hydroxyl groups excluding tert-OH is 1. The van der Waals surface area contributed by atoms with E-state index in [1.54, 1.807) is 0 Å². The maximum absolute atomic E-state index is 12.3. The van der Waals surface area contributed by atoms with Gasteiger partial charge in [0, 0.05) is 50.5 Å². The number of ether oxygens (including phenoxy) is 2. The SMILES string of the molecule is C=CCN(CC1CC(c2ccc(CO)cc2)OC(c2ccc(-c3ccccc3CNC(=O)CCCC(=O)O)cc2)O1)C1CCCC1. The summed E-state index contributed by atoms with van der Waals surface area (Å²) in [6, 6.07) is 24.7. The van der Waals surface area contributed by atoms with E-state index in [4.69, 9.17) is 14.6 Å². The molecule has 8 heteroatoms. The Morgan fingerprint density at radius 3 is 2.35 bits per heavy atom. The second-order valence-electron chi connectivity index (χ2n) is 12.3. The van der Waals surface area contributed by atoms with Crippen molar-refractivity contribution in [2.75, 3.05) is 13.1 Å². The zero-order valence-electron chi connectivity index (χ0n) is 26.5. The summed E-state index contributed by atoms with van der Waals surface area (Å²) in [4.78, 5) is 25.6. The zero-order chi connectivity index (χ0) is 32.3. The molecule has 1 saturated heterocycles. The molecule has 1 heterocycles. The molecule has 3 N–H and O–H groups in total. The molecule has 2 aliphatic rings. The van der Waals surface area contributed by atoms with Crippen LogP contribution in [0.25, 0.3) is 11.1 Å². The zero-order valence-corrected chi connectivity index (χ0v) is 26.5. The molecule has 3 unspecified atom stereocenters. The molecule has 1 aliphatic carbocycles. The fourth-order valence-corrected chi connectivity index (χ4v) is 6.56. The van der Waals surface area contributed by atoms with E-state index >= 15 is 0 Å². The molecule has 0 aromatic heterocycles. The number of carbonyl (C=O) groups is 2. The van der Waals surface area contributed by atoms with Gasteiger partial charge >= 0.3 is 5.97 Å². The van der Waals surface area contributed by atoms with Crippen molar-refractivity contribution in [2.45, 2.75) is 89.1 Å². The minimum Gasteiger partial charge on any atom is -0.481 e. The molecule has 8 nitrogen and oxygen atoms in total. The van der Waals surface area contributed by atoms with Crippen LogP contribution in [0.1, 0.15) is 86.0 Å². The number of rotatable bonds is 15. The molecule has 2 fully saturated rings. The topological polar surface area (TPSA) is 108 Å². The number of aliphatic hydroxyl groups is 1. The number of nitrogens with one attached hydrogen (secondary N) is 1. The van der Waals surface area contributed by atoms with Gasteiger partial charge in [-0.2, -0.15) is 0 Å². The van der Waals surface area contributed by atoms with E-state index in [0.717, 1.165) is 52.9 Å². The van der Waals surface area contributed by atoms with E-state index in [2.05, 4.69) is 28.9 Å². The third kappa shape index (κ3) is 9.13. The maximum Gasteiger partial charge on any atom is 0.303 e. The first-order chi connectivity index (χ1) is 22.4. The normalized spacial score (nSPS) is 20.1. The molecular formula is C38H46N2O6. The van der Waals surface area contributed by atoms with Crippen molar-refractivity contribution in [3.63, 3.8) is 0 Å². The van der Waals surface area contributed by atoms with Gasteiger partial charge in [0.1, 0.15) is 0 Å². The number of aliphatic carboxylic acids is 1. The number of carbonyl (C=O) groups excluding carboxylic acids is 1. The van der Waals surface area contributed by atoms with Crippen LogP contribution in [0.2, 0.25) is 0 Å². The summed E-state index contributed by atoms with van der Waals surface area (Å²) in [7, 11) is 0. The number of carboxylic acids is 1. The molecule has 1 amide bonds. The predicted molar refractivity (Wildman–Crippen MR) is 178 cm³/mol. The first-order valence-electron chi connectivity index (χ1n) is 16.5. The second kappa shape index (κ2) is 16.7. The molecule has 3 aromatic rings. The van der Waals surface area contributed by atoms with Crippen molar-refractivity contribution >= 4 is 11.9 Å². The molecule has 0 radical (unpaired) electrons. The molecule has 0 bridgehead atoms. The van der Waals surface area contributed by atoms with Crippen LogP contribution in [0.4, 0.5) is 0 Å². The summed E-state index contributed by atoms with van der Waals surface area (Å²) in [6.07, 6.45) is 7.46. The van der Waals surface area contributed by atoms with Crippen LogP contribution in [0, 0.1) is 0 Å². The Morgan fingerprint density at radius 2 is 1.65 bits per heavy atom. The fraction of sp³-hybridized carbons (Fsp3) is 0.421. The van der Waals surface area contributed by atoms with E-state index in [0.29, 0.717) is 19.0 Å². The fourth-order valence-electron chi connectivity index (χ4n) is 6.56. The summed E-state index contributed by atoms with van der Waals surface area (Å²) in [5.74, 6) is -1.06. The molecule has 3 aromatic carbocycles. The molecule has 1 saturated carbocycles.